The van der Waals surface area contributed by atoms with Crippen LogP contribution in [-0.4, -0.2) is 37.0 Å². The van der Waals surface area contributed by atoms with Gasteiger partial charge in [0.25, 0.3) is 0 Å². The molecule has 11 heteroatoms. The van der Waals surface area contributed by atoms with Gasteiger partial charge in [-0.3, -0.25) is 14.6 Å². The molecule has 1 atom stereocenters. The lowest BCUT2D eigenvalue weighted by molar-refractivity contribution is -0.115. The van der Waals surface area contributed by atoms with Crippen LogP contribution in [0.5, 0.6) is 0 Å². The Hall–Kier alpha value is -5.22. The van der Waals surface area contributed by atoms with Crippen LogP contribution in [0, 0.1) is 22.7 Å². The number of halogens is 2. The second-order valence-electron chi connectivity index (χ2n) is 8.81. The molecule has 0 saturated carbocycles. The fourth-order valence-corrected chi connectivity index (χ4v) is 4.11. The number of amides is 1. The predicted molar refractivity (Wildman–Crippen MR) is 165 cm³/mol. The SMILES string of the molecule is CNc1ccccc1N=C[C@H](Cc1ccccc1)NC(=O)OCc1ccccc1.N#CC1=C(C#N)C(=O)C(Cl)=C(Cl)C1=O. The number of benzene rings is 3. The highest BCUT2D eigenvalue weighted by Crippen LogP contribution is 2.28. The molecule has 0 heterocycles. The number of Topliss-reactive ketones (excluding diaryl/α,β-unsaturated/α-hetero) is 2. The smallest absolute Gasteiger partial charge is 0.407 e. The molecule has 4 rings (SSSR count). The van der Waals surface area contributed by atoms with Crippen molar-refractivity contribution in [2.24, 2.45) is 4.99 Å². The number of alkyl carbamates (subject to hydrolysis) is 1. The first-order valence-electron chi connectivity index (χ1n) is 12.8. The van der Waals surface area contributed by atoms with Gasteiger partial charge in [0.15, 0.2) is 0 Å². The zero-order chi connectivity index (χ0) is 31.2. The molecular weight excluding hydrogens is 589 g/mol. The van der Waals surface area contributed by atoms with Crippen molar-refractivity contribution in [3.8, 4) is 12.1 Å². The fraction of sp³-hybridized carbons (Fsp3) is 0.125. The van der Waals surface area contributed by atoms with Crippen LogP contribution in [0.3, 0.4) is 0 Å². The van der Waals surface area contributed by atoms with E-state index in [0.717, 1.165) is 22.5 Å². The summed E-state index contributed by atoms with van der Waals surface area (Å²) in [6.07, 6.45) is 1.91. The number of ether oxygens (including phenoxy) is 1. The summed E-state index contributed by atoms with van der Waals surface area (Å²) in [5.74, 6) is -1.79. The third-order valence-electron chi connectivity index (χ3n) is 5.90. The second-order valence-corrected chi connectivity index (χ2v) is 9.56. The molecule has 0 unspecified atom stereocenters. The van der Waals surface area contributed by atoms with Gasteiger partial charge >= 0.3 is 6.09 Å². The zero-order valence-corrected chi connectivity index (χ0v) is 24.4. The standard InChI is InChI=1S/C24H25N3O2.C8Cl2N2O2/c1-25-22-14-8-9-15-23(22)26-17-21(16-19-10-4-2-5-11-19)27-24(28)29-18-20-12-6-3-7-13-20;9-5-6(10)8(14)4(2-12)3(1-11)7(5)13/h2-15,17,21,25H,16,18H2,1H3,(H,27,28);/t21-;/m0./s1. The van der Waals surface area contributed by atoms with E-state index in [-0.39, 0.29) is 12.6 Å². The lowest BCUT2D eigenvalue weighted by Crippen LogP contribution is -2.38. The van der Waals surface area contributed by atoms with E-state index >= 15 is 0 Å². The maximum Gasteiger partial charge on any atom is 0.407 e. The molecule has 2 N–H and O–H groups in total. The summed E-state index contributed by atoms with van der Waals surface area (Å²) in [7, 11) is 1.86. The summed E-state index contributed by atoms with van der Waals surface area (Å²) in [4.78, 5) is 39.4. The molecule has 0 radical (unpaired) electrons. The maximum absolute atomic E-state index is 12.3. The number of hydrogen-bond acceptors (Lipinski definition) is 8. The van der Waals surface area contributed by atoms with Crippen LogP contribution in [0.2, 0.25) is 0 Å². The van der Waals surface area contributed by atoms with E-state index in [0.29, 0.717) is 6.42 Å². The maximum atomic E-state index is 12.3. The summed E-state index contributed by atoms with van der Waals surface area (Å²) in [6, 6.07) is 29.9. The number of nitrogens with zero attached hydrogens (tertiary/aromatic N) is 3. The van der Waals surface area contributed by atoms with E-state index in [2.05, 4.69) is 15.6 Å². The summed E-state index contributed by atoms with van der Waals surface area (Å²) in [6.45, 7) is 0.227. The number of para-hydroxylation sites is 2. The number of aliphatic imine (C=N–C) groups is 1. The van der Waals surface area contributed by atoms with Crippen LogP contribution in [0.4, 0.5) is 16.2 Å². The van der Waals surface area contributed by atoms with E-state index in [1.165, 1.54) is 12.1 Å². The van der Waals surface area contributed by atoms with Gasteiger partial charge in [-0.05, 0) is 29.7 Å². The summed E-state index contributed by atoms with van der Waals surface area (Å²) >= 11 is 10.8. The van der Waals surface area contributed by atoms with Crippen molar-refractivity contribution in [3.05, 3.63) is 117 Å². The van der Waals surface area contributed by atoms with Gasteiger partial charge in [-0.25, -0.2) is 4.79 Å². The molecule has 0 fully saturated rings. The molecule has 9 nitrogen and oxygen atoms in total. The van der Waals surface area contributed by atoms with Crippen molar-refractivity contribution in [3.63, 3.8) is 0 Å². The molecule has 0 spiro atoms. The third kappa shape index (κ3) is 9.14. The van der Waals surface area contributed by atoms with Crippen molar-refractivity contribution in [1.29, 1.82) is 10.5 Å². The molecule has 43 heavy (non-hydrogen) atoms. The second kappa shape index (κ2) is 16.3. The zero-order valence-electron chi connectivity index (χ0n) is 22.9. The molecule has 1 amide bonds. The van der Waals surface area contributed by atoms with Crippen LogP contribution < -0.4 is 10.6 Å². The molecule has 1 aliphatic rings. The highest BCUT2D eigenvalue weighted by molar-refractivity contribution is 6.59. The number of nitriles is 2. The van der Waals surface area contributed by atoms with Crippen molar-refractivity contribution in [1.82, 2.24) is 5.32 Å². The molecule has 0 aromatic heterocycles. The lowest BCUT2D eigenvalue weighted by Gasteiger charge is -2.15. The quantitative estimate of drug-likeness (QED) is 0.229. The molecule has 0 bridgehead atoms. The minimum absolute atomic E-state index is 0.227. The minimum atomic E-state index is -0.893. The van der Waals surface area contributed by atoms with E-state index in [1.807, 2.05) is 92.0 Å². The normalized spacial score (nSPS) is 13.4. The van der Waals surface area contributed by atoms with Gasteiger partial charge in [0.05, 0.1) is 17.4 Å². The number of carbonyl (C=O) groups is 3. The largest absolute Gasteiger partial charge is 0.445 e. The van der Waals surface area contributed by atoms with Gasteiger partial charge in [0.2, 0.25) is 11.6 Å². The Bertz CT molecular complexity index is 1610. The molecule has 0 saturated heterocycles. The van der Waals surface area contributed by atoms with Crippen molar-refractivity contribution in [2.45, 2.75) is 19.1 Å². The third-order valence-corrected chi connectivity index (χ3v) is 6.72. The molecule has 3 aromatic carbocycles. The topological polar surface area (TPSA) is 144 Å². The van der Waals surface area contributed by atoms with Crippen LogP contribution in [0.25, 0.3) is 0 Å². The van der Waals surface area contributed by atoms with Gasteiger partial charge < -0.3 is 15.4 Å². The van der Waals surface area contributed by atoms with Gasteiger partial charge in [-0.2, -0.15) is 10.5 Å². The first kappa shape index (κ1) is 32.3. The average molecular weight is 614 g/mol. The number of ketones is 2. The molecule has 0 aliphatic heterocycles. The van der Waals surface area contributed by atoms with Gasteiger partial charge in [-0.15, -0.1) is 0 Å². The van der Waals surface area contributed by atoms with E-state index < -0.39 is 38.9 Å². The summed E-state index contributed by atoms with van der Waals surface area (Å²) in [5.41, 5.74) is 2.66. The Balaban J connectivity index is 0.000000303. The van der Waals surface area contributed by atoms with Gasteiger partial charge in [0, 0.05) is 13.3 Å². The lowest BCUT2D eigenvalue weighted by atomic mass is 9.96. The van der Waals surface area contributed by atoms with Crippen molar-refractivity contribution < 1.29 is 19.1 Å². The van der Waals surface area contributed by atoms with E-state index in [1.54, 1.807) is 6.21 Å². The fourth-order valence-electron chi connectivity index (χ4n) is 3.75. The van der Waals surface area contributed by atoms with Crippen molar-refractivity contribution >= 4 is 58.5 Å². The highest BCUT2D eigenvalue weighted by atomic mass is 35.5. The number of allylic oxidation sites excluding steroid dienone is 4. The monoisotopic (exact) mass is 613 g/mol. The number of anilines is 1. The van der Waals surface area contributed by atoms with Crippen LogP contribution in [0.1, 0.15) is 11.1 Å². The van der Waals surface area contributed by atoms with Crippen LogP contribution in [-0.2, 0) is 27.4 Å². The Kier molecular flexibility index (Phi) is 12.2. The number of rotatable bonds is 8. The summed E-state index contributed by atoms with van der Waals surface area (Å²) < 4.78 is 5.37. The number of carbonyl (C=O) groups excluding carboxylic acids is 3. The van der Waals surface area contributed by atoms with Crippen LogP contribution in [0.15, 0.2) is 111 Å². The Labute approximate surface area is 258 Å². The molecule has 216 valence electrons. The average Bonchev–Trinajstić information content (AvgIpc) is 3.04. The summed E-state index contributed by atoms with van der Waals surface area (Å²) in [5, 5.41) is 22.0. The predicted octanol–water partition coefficient (Wildman–Crippen LogP) is 6.14. The van der Waals surface area contributed by atoms with E-state index in [9.17, 15) is 14.4 Å². The number of nitrogens with one attached hydrogen (secondary N) is 2. The molecule has 3 aromatic rings. The first-order chi connectivity index (χ1) is 20.8. The Morgan fingerprint density at radius 2 is 1.37 bits per heavy atom. The Morgan fingerprint density at radius 1 is 0.860 bits per heavy atom. The van der Waals surface area contributed by atoms with Gasteiger partial charge in [-0.1, -0.05) is 96.0 Å². The van der Waals surface area contributed by atoms with Crippen molar-refractivity contribution in [2.75, 3.05) is 12.4 Å². The van der Waals surface area contributed by atoms with Crippen LogP contribution >= 0.6 is 23.2 Å². The minimum Gasteiger partial charge on any atom is -0.445 e. The van der Waals surface area contributed by atoms with Gasteiger partial charge in [0.1, 0.15) is 40.0 Å². The molecular formula is C32H25Cl2N5O4. The molecule has 1 aliphatic carbocycles. The highest BCUT2D eigenvalue weighted by Gasteiger charge is 2.33. The van der Waals surface area contributed by atoms with E-state index in [4.69, 9.17) is 38.5 Å². The number of hydrogen-bond donors (Lipinski definition) is 2. The first-order valence-corrected chi connectivity index (χ1v) is 13.6. The Morgan fingerprint density at radius 3 is 1.91 bits per heavy atom.